The van der Waals surface area contributed by atoms with Crippen LogP contribution in [0.15, 0.2) is 53.6 Å². The molecule has 166 valence electrons. The van der Waals surface area contributed by atoms with E-state index >= 15 is 0 Å². The van der Waals surface area contributed by atoms with Crippen molar-refractivity contribution in [2.24, 2.45) is 0 Å². The van der Waals surface area contributed by atoms with Crippen LogP contribution < -0.4 is 10.6 Å². The molecule has 1 fully saturated rings. The van der Waals surface area contributed by atoms with E-state index in [1.54, 1.807) is 7.05 Å². The summed E-state index contributed by atoms with van der Waals surface area (Å²) in [7, 11) is 3.55. The molecular weight excluding hydrogens is 411 g/mol. The number of carbonyl (C=O) groups is 1. The molecule has 0 spiro atoms. The van der Waals surface area contributed by atoms with Gasteiger partial charge in [0.1, 0.15) is 18.1 Å². The van der Waals surface area contributed by atoms with Gasteiger partial charge in [-0.05, 0) is 44.3 Å². The van der Waals surface area contributed by atoms with E-state index in [9.17, 15) is 18.0 Å². The number of carbonyl (C=O) groups excluding carboxylic acids is 1. The van der Waals surface area contributed by atoms with Crippen LogP contribution in [0.2, 0.25) is 0 Å². The molecule has 1 unspecified atom stereocenters. The monoisotopic (exact) mass is 435 g/mol. The van der Waals surface area contributed by atoms with Crippen molar-refractivity contribution in [1.82, 2.24) is 20.5 Å². The second-order valence-electron chi connectivity index (χ2n) is 7.35. The van der Waals surface area contributed by atoms with Crippen LogP contribution in [0.4, 0.5) is 13.2 Å². The number of nitrogens with one attached hydrogen (secondary N) is 3. The smallest absolute Gasteiger partial charge is 0.433 e. The second kappa shape index (κ2) is 9.34. The van der Waals surface area contributed by atoms with E-state index in [2.05, 4.69) is 20.5 Å². The fourth-order valence-electron chi connectivity index (χ4n) is 3.47. The van der Waals surface area contributed by atoms with Gasteiger partial charge in [-0.1, -0.05) is 6.07 Å². The van der Waals surface area contributed by atoms with E-state index in [1.807, 2.05) is 7.05 Å². The van der Waals surface area contributed by atoms with E-state index in [-0.39, 0.29) is 41.3 Å². The van der Waals surface area contributed by atoms with Gasteiger partial charge in [0.15, 0.2) is 5.69 Å². The molecule has 0 radical (unpaired) electrons. The Labute approximate surface area is 178 Å². The van der Waals surface area contributed by atoms with Crippen LogP contribution in [0, 0.1) is 5.41 Å². The summed E-state index contributed by atoms with van der Waals surface area (Å²) in [6.45, 7) is 1.28. The van der Waals surface area contributed by atoms with Crippen molar-refractivity contribution in [2.75, 3.05) is 27.2 Å². The van der Waals surface area contributed by atoms with Crippen LogP contribution in [0.3, 0.4) is 0 Å². The first-order valence-electron chi connectivity index (χ1n) is 9.73. The van der Waals surface area contributed by atoms with Gasteiger partial charge in [-0.2, -0.15) is 13.2 Å². The van der Waals surface area contributed by atoms with E-state index in [0.717, 1.165) is 25.7 Å². The van der Waals surface area contributed by atoms with Gasteiger partial charge in [-0.3, -0.25) is 9.78 Å². The lowest BCUT2D eigenvalue weighted by Gasteiger charge is -2.19. The van der Waals surface area contributed by atoms with Crippen molar-refractivity contribution in [3.05, 3.63) is 64.8 Å². The number of halogens is 3. The van der Waals surface area contributed by atoms with Gasteiger partial charge in [0.2, 0.25) is 0 Å². The van der Waals surface area contributed by atoms with Crippen LogP contribution in [0.5, 0.6) is 0 Å². The minimum atomic E-state index is -4.59. The Balaban J connectivity index is 1.78. The van der Waals surface area contributed by atoms with Crippen LogP contribution in [0.25, 0.3) is 0 Å². The van der Waals surface area contributed by atoms with Crippen molar-refractivity contribution in [2.45, 2.75) is 25.2 Å². The Morgan fingerprint density at radius 2 is 2.16 bits per heavy atom. The Hall–Kier alpha value is -3.14. The van der Waals surface area contributed by atoms with E-state index < -0.39 is 11.9 Å². The SMILES string of the molecule is CN/C(C(=O)NC1CCN(C)C1)=C1/C=C(OCc2cccnc2C(F)(F)F)C=CC1=N. The molecule has 1 amide bonds. The minimum absolute atomic E-state index is 0.0147. The highest BCUT2D eigenvalue weighted by atomic mass is 19.4. The fraction of sp³-hybridized carbons (Fsp3) is 0.381. The standard InChI is InChI=1S/C21H24F3N5O2/c1-26-18(20(30)28-14-7-9-29(2)11-14)16-10-15(5-6-17(16)25)31-12-13-4-3-8-27-19(13)21(22,23)24/h3-6,8,10,14,25-26H,7,9,11-12H2,1-2H3,(H,28,30)/b18-16-,25-17?. The number of likely N-dealkylation sites (N-methyl/N-ethyl adjacent to an activating group) is 2. The van der Waals surface area contributed by atoms with Crippen LogP contribution in [0.1, 0.15) is 17.7 Å². The number of hydrogen-bond donors (Lipinski definition) is 3. The number of hydrogen-bond acceptors (Lipinski definition) is 6. The van der Waals surface area contributed by atoms with Gasteiger partial charge < -0.3 is 25.7 Å². The zero-order chi connectivity index (χ0) is 22.6. The molecule has 1 aliphatic heterocycles. The Bertz CT molecular complexity index is 953. The molecule has 1 aromatic heterocycles. The van der Waals surface area contributed by atoms with Crippen molar-refractivity contribution >= 4 is 11.6 Å². The molecule has 1 aromatic rings. The first kappa shape index (κ1) is 22.5. The summed E-state index contributed by atoms with van der Waals surface area (Å²) in [5, 5.41) is 13.9. The van der Waals surface area contributed by atoms with Crippen molar-refractivity contribution in [1.29, 1.82) is 5.41 Å². The number of pyridine rings is 1. The molecule has 31 heavy (non-hydrogen) atoms. The number of ether oxygens (including phenoxy) is 1. The van der Waals surface area contributed by atoms with Crippen LogP contribution in [-0.2, 0) is 22.3 Å². The molecule has 1 saturated heterocycles. The number of nitrogens with zero attached hydrogens (tertiary/aromatic N) is 2. The Morgan fingerprint density at radius 1 is 1.39 bits per heavy atom. The molecule has 0 bridgehead atoms. The number of rotatable bonds is 6. The van der Waals surface area contributed by atoms with Gasteiger partial charge in [0, 0.05) is 37.0 Å². The van der Waals surface area contributed by atoms with Crippen LogP contribution in [-0.4, -0.2) is 54.7 Å². The highest BCUT2D eigenvalue weighted by Crippen LogP contribution is 2.31. The third-order valence-corrected chi connectivity index (χ3v) is 5.02. The zero-order valence-corrected chi connectivity index (χ0v) is 17.2. The number of aromatic nitrogens is 1. The lowest BCUT2D eigenvalue weighted by atomic mass is 10.0. The van der Waals surface area contributed by atoms with Gasteiger partial charge in [-0.15, -0.1) is 0 Å². The first-order valence-corrected chi connectivity index (χ1v) is 9.73. The van der Waals surface area contributed by atoms with Crippen molar-refractivity contribution in [3.63, 3.8) is 0 Å². The predicted molar refractivity (Wildman–Crippen MR) is 109 cm³/mol. The van der Waals surface area contributed by atoms with Gasteiger partial charge in [0.05, 0.1) is 5.71 Å². The average Bonchev–Trinajstić information content (AvgIpc) is 3.13. The summed E-state index contributed by atoms with van der Waals surface area (Å²) < 4.78 is 44.9. The van der Waals surface area contributed by atoms with Gasteiger partial charge in [0.25, 0.3) is 5.91 Å². The fourth-order valence-corrected chi connectivity index (χ4v) is 3.47. The maximum Gasteiger partial charge on any atom is 0.433 e. The first-order chi connectivity index (χ1) is 14.7. The number of likely N-dealkylation sites (tertiary alicyclic amines) is 1. The lowest BCUT2D eigenvalue weighted by molar-refractivity contribution is -0.142. The van der Waals surface area contributed by atoms with Crippen LogP contribution >= 0.6 is 0 Å². The molecule has 2 heterocycles. The molecule has 7 nitrogen and oxygen atoms in total. The summed E-state index contributed by atoms with van der Waals surface area (Å²) >= 11 is 0. The second-order valence-corrected chi connectivity index (χ2v) is 7.35. The molecule has 3 rings (SSSR count). The zero-order valence-electron chi connectivity index (χ0n) is 17.2. The topological polar surface area (TPSA) is 90.3 Å². The number of alkyl halides is 3. The van der Waals surface area contributed by atoms with E-state index in [0.29, 0.717) is 5.57 Å². The molecular formula is C21H24F3N5O2. The van der Waals surface area contributed by atoms with E-state index in [1.165, 1.54) is 30.4 Å². The van der Waals surface area contributed by atoms with Gasteiger partial charge in [-0.25, -0.2) is 0 Å². The number of amides is 1. The molecule has 1 aliphatic carbocycles. The summed E-state index contributed by atoms with van der Waals surface area (Å²) in [4.78, 5) is 18.3. The van der Waals surface area contributed by atoms with E-state index in [4.69, 9.17) is 10.1 Å². The molecule has 3 N–H and O–H groups in total. The highest BCUT2D eigenvalue weighted by molar-refractivity contribution is 6.14. The van der Waals surface area contributed by atoms with Crippen molar-refractivity contribution < 1.29 is 22.7 Å². The molecule has 1 atom stereocenters. The minimum Gasteiger partial charge on any atom is -0.489 e. The third kappa shape index (κ3) is 5.52. The quantitative estimate of drug-likeness (QED) is 0.597. The lowest BCUT2D eigenvalue weighted by Crippen LogP contribution is -2.40. The summed E-state index contributed by atoms with van der Waals surface area (Å²) in [6.07, 6.45) is 1.71. The summed E-state index contributed by atoms with van der Waals surface area (Å²) in [6, 6.07) is 2.72. The predicted octanol–water partition coefficient (Wildman–Crippen LogP) is 2.38. The average molecular weight is 435 g/mol. The number of allylic oxidation sites excluding steroid dienone is 4. The van der Waals surface area contributed by atoms with Gasteiger partial charge >= 0.3 is 6.18 Å². The third-order valence-electron chi connectivity index (χ3n) is 5.02. The summed E-state index contributed by atoms with van der Waals surface area (Å²) in [5.74, 6) is -0.107. The molecule has 0 aromatic carbocycles. The maximum atomic E-state index is 13.1. The Kier molecular flexibility index (Phi) is 6.79. The molecule has 2 aliphatic rings. The summed E-state index contributed by atoms with van der Waals surface area (Å²) in [5.41, 5.74) is -0.524. The normalized spacial score (nSPS) is 21.0. The molecule has 0 saturated carbocycles. The maximum absolute atomic E-state index is 13.1. The Morgan fingerprint density at radius 3 is 2.81 bits per heavy atom. The molecule has 10 heteroatoms. The largest absolute Gasteiger partial charge is 0.489 e. The highest BCUT2D eigenvalue weighted by Gasteiger charge is 2.35. The van der Waals surface area contributed by atoms with Crippen molar-refractivity contribution in [3.8, 4) is 0 Å².